The predicted molar refractivity (Wildman–Crippen MR) is 102 cm³/mol. The summed E-state index contributed by atoms with van der Waals surface area (Å²) in [5, 5.41) is 13.3. The molecule has 0 aliphatic heterocycles. The van der Waals surface area contributed by atoms with Crippen LogP contribution in [-0.2, 0) is 4.79 Å². The van der Waals surface area contributed by atoms with E-state index in [1.807, 2.05) is 24.3 Å². The van der Waals surface area contributed by atoms with Crippen molar-refractivity contribution in [2.45, 2.75) is 4.34 Å². The number of hydrazone groups is 1. The van der Waals surface area contributed by atoms with Crippen LogP contribution in [0.3, 0.4) is 0 Å². The molecule has 8 heteroatoms. The third-order valence-corrected chi connectivity index (χ3v) is 5.79. The average molecular weight is 422 g/mol. The summed E-state index contributed by atoms with van der Waals surface area (Å²) in [6.07, 6.45) is 1.52. The van der Waals surface area contributed by atoms with E-state index in [0.717, 1.165) is 20.1 Å². The van der Waals surface area contributed by atoms with E-state index in [1.54, 1.807) is 29.5 Å². The lowest BCUT2D eigenvalue weighted by Gasteiger charge is -1.99. The SMILES string of the molecule is O=C(CSc1nc2ccccc2s1)N/N=C/c1ccc(O)c(Br)c1. The number of carbonyl (C=O) groups is 1. The first-order chi connectivity index (χ1) is 11.6. The summed E-state index contributed by atoms with van der Waals surface area (Å²) >= 11 is 6.18. The number of halogens is 1. The van der Waals surface area contributed by atoms with Gasteiger partial charge >= 0.3 is 0 Å². The van der Waals surface area contributed by atoms with Gasteiger partial charge in [0, 0.05) is 0 Å². The average Bonchev–Trinajstić information content (AvgIpc) is 2.99. The number of hydrogen-bond acceptors (Lipinski definition) is 6. The molecule has 0 atom stereocenters. The normalized spacial score (nSPS) is 11.2. The van der Waals surface area contributed by atoms with Crippen LogP contribution in [0.5, 0.6) is 5.75 Å². The second-order valence-electron chi connectivity index (χ2n) is 4.74. The van der Waals surface area contributed by atoms with Crippen molar-refractivity contribution < 1.29 is 9.90 Å². The summed E-state index contributed by atoms with van der Waals surface area (Å²) in [6.45, 7) is 0. The van der Waals surface area contributed by atoms with E-state index >= 15 is 0 Å². The number of nitrogens with one attached hydrogen (secondary N) is 1. The number of amides is 1. The first kappa shape index (κ1) is 16.9. The minimum atomic E-state index is -0.201. The molecular weight excluding hydrogens is 410 g/mol. The minimum absolute atomic E-state index is 0.156. The van der Waals surface area contributed by atoms with E-state index in [9.17, 15) is 9.90 Å². The molecule has 0 unspecified atom stereocenters. The Labute approximate surface area is 154 Å². The molecule has 5 nitrogen and oxygen atoms in total. The van der Waals surface area contributed by atoms with E-state index in [4.69, 9.17) is 0 Å². The molecule has 3 rings (SSSR count). The van der Waals surface area contributed by atoms with Crippen LogP contribution in [0.2, 0.25) is 0 Å². The van der Waals surface area contributed by atoms with E-state index in [0.29, 0.717) is 4.47 Å². The van der Waals surface area contributed by atoms with E-state index in [-0.39, 0.29) is 17.4 Å². The number of aromatic nitrogens is 1. The fourth-order valence-corrected chi connectivity index (χ4v) is 4.11. The molecule has 1 amide bonds. The molecule has 0 spiro atoms. The summed E-state index contributed by atoms with van der Waals surface area (Å²) in [5.41, 5.74) is 4.19. The second-order valence-corrected chi connectivity index (χ2v) is 7.85. The summed E-state index contributed by atoms with van der Waals surface area (Å²) in [4.78, 5) is 16.3. The molecule has 1 heterocycles. The summed E-state index contributed by atoms with van der Waals surface area (Å²) in [6, 6.07) is 12.8. The van der Waals surface area contributed by atoms with Gasteiger partial charge in [0.15, 0.2) is 4.34 Å². The van der Waals surface area contributed by atoms with Crippen molar-refractivity contribution in [2.75, 3.05) is 5.75 Å². The smallest absolute Gasteiger partial charge is 0.250 e. The summed E-state index contributed by atoms with van der Waals surface area (Å²) < 4.78 is 2.54. The van der Waals surface area contributed by atoms with Crippen LogP contribution in [0.1, 0.15) is 5.56 Å². The van der Waals surface area contributed by atoms with Gasteiger partial charge in [-0.3, -0.25) is 4.79 Å². The van der Waals surface area contributed by atoms with E-state index < -0.39 is 0 Å². The number of fused-ring (bicyclic) bond motifs is 1. The Bertz CT molecular complexity index is 878. The zero-order valence-corrected chi connectivity index (χ0v) is 15.5. The van der Waals surface area contributed by atoms with Crippen molar-refractivity contribution >= 4 is 61.4 Å². The van der Waals surface area contributed by atoms with Crippen molar-refractivity contribution in [3.8, 4) is 5.75 Å². The van der Waals surface area contributed by atoms with Crippen LogP contribution in [0.15, 0.2) is 56.4 Å². The van der Waals surface area contributed by atoms with Gasteiger partial charge < -0.3 is 5.11 Å². The Morgan fingerprint density at radius 1 is 1.38 bits per heavy atom. The van der Waals surface area contributed by atoms with Gasteiger partial charge in [-0.15, -0.1) is 11.3 Å². The molecule has 0 saturated heterocycles. The molecule has 3 aromatic rings. The number of thioether (sulfide) groups is 1. The van der Waals surface area contributed by atoms with Crippen molar-refractivity contribution in [2.24, 2.45) is 5.10 Å². The lowest BCUT2D eigenvalue weighted by Crippen LogP contribution is -2.19. The molecule has 122 valence electrons. The topological polar surface area (TPSA) is 74.6 Å². The molecule has 0 aliphatic rings. The minimum Gasteiger partial charge on any atom is -0.507 e. The van der Waals surface area contributed by atoms with Crippen molar-refractivity contribution in [1.82, 2.24) is 10.4 Å². The Balaban J connectivity index is 1.51. The molecule has 2 aromatic carbocycles. The van der Waals surface area contributed by atoms with Crippen LogP contribution in [0.4, 0.5) is 0 Å². The Hall–Kier alpha value is -1.90. The number of thiazole rings is 1. The van der Waals surface area contributed by atoms with Crippen LogP contribution >= 0.6 is 39.0 Å². The molecular formula is C16H12BrN3O2S2. The van der Waals surface area contributed by atoms with E-state index in [2.05, 4.69) is 31.4 Å². The number of carbonyl (C=O) groups excluding carboxylic acids is 1. The van der Waals surface area contributed by atoms with Crippen LogP contribution < -0.4 is 5.43 Å². The zero-order chi connectivity index (χ0) is 16.9. The predicted octanol–water partition coefficient (Wildman–Crippen LogP) is 4.01. The van der Waals surface area contributed by atoms with Crippen molar-refractivity contribution in [3.05, 3.63) is 52.5 Å². The highest BCUT2D eigenvalue weighted by atomic mass is 79.9. The van der Waals surface area contributed by atoms with Crippen LogP contribution in [0, 0.1) is 0 Å². The maximum atomic E-state index is 11.8. The standard InChI is InChI=1S/C16H12BrN3O2S2/c17-11-7-10(5-6-13(11)21)8-18-20-15(22)9-23-16-19-12-3-1-2-4-14(12)24-16/h1-8,21H,9H2,(H,20,22)/b18-8+. The molecule has 2 N–H and O–H groups in total. The zero-order valence-electron chi connectivity index (χ0n) is 12.3. The molecule has 1 aromatic heterocycles. The van der Waals surface area contributed by atoms with Gasteiger partial charge in [-0.05, 0) is 51.8 Å². The monoisotopic (exact) mass is 421 g/mol. The van der Waals surface area contributed by atoms with Crippen molar-refractivity contribution in [3.63, 3.8) is 0 Å². The molecule has 0 radical (unpaired) electrons. The van der Waals surface area contributed by atoms with Gasteiger partial charge in [-0.2, -0.15) is 5.10 Å². The lowest BCUT2D eigenvalue weighted by atomic mass is 10.2. The Kier molecular flexibility index (Phi) is 5.49. The number of benzene rings is 2. The molecule has 0 bridgehead atoms. The fraction of sp³-hybridized carbons (Fsp3) is 0.0625. The number of aromatic hydroxyl groups is 1. The summed E-state index contributed by atoms with van der Waals surface area (Å²) in [5.74, 6) is 0.202. The number of nitrogens with zero attached hydrogens (tertiary/aromatic N) is 2. The first-order valence-corrected chi connectivity index (χ1v) is 9.50. The highest BCUT2D eigenvalue weighted by molar-refractivity contribution is 9.10. The van der Waals surface area contributed by atoms with Crippen LogP contribution in [0.25, 0.3) is 10.2 Å². The van der Waals surface area contributed by atoms with Crippen molar-refractivity contribution in [1.29, 1.82) is 0 Å². The van der Waals surface area contributed by atoms with Crippen LogP contribution in [-0.4, -0.2) is 28.0 Å². The number of para-hydroxylation sites is 1. The Morgan fingerprint density at radius 3 is 3.00 bits per heavy atom. The largest absolute Gasteiger partial charge is 0.507 e. The quantitative estimate of drug-likeness (QED) is 0.370. The van der Waals surface area contributed by atoms with Gasteiger partial charge in [0.05, 0.1) is 26.7 Å². The number of rotatable bonds is 5. The lowest BCUT2D eigenvalue weighted by molar-refractivity contribution is -0.118. The number of phenols is 1. The number of phenolic OH excluding ortho intramolecular Hbond substituents is 1. The molecule has 24 heavy (non-hydrogen) atoms. The second kappa shape index (κ2) is 7.78. The van der Waals surface area contributed by atoms with E-state index in [1.165, 1.54) is 18.0 Å². The van der Waals surface area contributed by atoms with Gasteiger partial charge in [-0.1, -0.05) is 23.9 Å². The number of hydrogen-bond donors (Lipinski definition) is 2. The highest BCUT2D eigenvalue weighted by Gasteiger charge is 2.07. The fourth-order valence-electron chi connectivity index (χ4n) is 1.85. The maximum absolute atomic E-state index is 11.8. The van der Waals surface area contributed by atoms with Gasteiger partial charge in [0.25, 0.3) is 5.91 Å². The van der Waals surface area contributed by atoms with Gasteiger partial charge in [0.2, 0.25) is 0 Å². The summed E-state index contributed by atoms with van der Waals surface area (Å²) in [7, 11) is 0. The third kappa shape index (κ3) is 4.34. The highest BCUT2D eigenvalue weighted by Crippen LogP contribution is 2.29. The maximum Gasteiger partial charge on any atom is 0.250 e. The molecule has 0 fully saturated rings. The third-order valence-electron chi connectivity index (χ3n) is 2.98. The van der Waals surface area contributed by atoms with Gasteiger partial charge in [-0.25, -0.2) is 10.4 Å². The first-order valence-electron chi connectivity index (χ1n) is 6.90. The molecule has 0 saturated carbocycles. The Morgan fingerprint density at radius 2 is 2.21 bits per heavy atom. The molecule has 0 aliphatic carbocycles. The van der Waals surface area contributed by atoms with Gasteiger partial charge in [0.1, 0.15) is 5.75 Å².